The molecule has 2 nitrogen and oxygen atoms in total. The molecule has 1 rings (SSSR count). The predicted octanol–water partition coefficient (Wildman–Crippen LogP) is 2.50. The molecule has 0 unspecified atom stereocenters. The molecule has 1 aliphatic rings. The lowest BCUT2D eigenvalue weighted by atomic mass is 9.99. The Bertz CT molecular complexity index is 153. The van der Waals surface area contributed by atoms with Gasteiger partial charge in [0.2, 0.25) is 0 Å². The minimum absolute atomic E-state index is 0.717. The maximum absolute atomic E-state index is 3.35. The van der Waals surface area contributed by atoms with E-state index >= 15 is 0 Å². The second-order valence-electron chi connectivity index (χ2n) is 5.15. The molecule has 0 radical (unpaired) electrons. The van der Waals surface area contributed by atoms with E-state index in [-0.39, 0.29) is 0 Å². The van der Waals surface area contributed by atoms with E-state index in [2.05, 4.69) is 31.0 Å². The fourth-order valence-electron chi connectivity index (χ4n) is 2.09. The third kappa shape index (κ3) is 4.98. The fourth-order valence-corrected chi connectivity index (χ4v) is 2.09. The second-order valence-corrected chi connectivity index (χ2v) is 5.15. The van der Waals surface area contributed by atoms with Gasteiger partial charge in [0.1, 0.15) is 0 Å². The third-order valence-electron chi connectivity index (χ3n) is 3.47. The van der Waals surface area contributed by atoms with Gasteiger partial charge in [0.05, 0.1) is 0 Å². The van der Waals surface area contributed by atoms with E-state index in [9.17, 15) is 0 Å². The minimum Gasteiger partial charge on any atom is -0.316 e. The molecular formula is C13H28N2. The topological polar surface area (TPSA) is 15.3 Å². The van der Waals surface area contributed by atoms with Gasteiger partial charge >= 0.3 is 0 Å². The van der Waals surface area contributed by atoms with Crippen molar-refractivity contribution in [3.63, 3.8) is 0 Å². The first kappa shape index (κ1) is 13.0. The minimum atomic E-state index is 0.717. The highest BCUT2D eigenvalue weighted by molar-refractivity contribution is 4.76. The van der Waals surface area contributed by atoms with Crippen LogP contribution < -0.4 is 5.32 Å². The van der Waals surface area contributed by atoms with Gasteiger partial charge in [0.25, 0.3) is 0 Å². The van der Waals surface area contributed by atoms with E-state index in [0.29, 0.717) is 0 Å². The van der Waals surface area contributed by atoms with Crippen molar-refractivity contribution in [3.8, 4) is 0 Å². The van der Waals surface area contributed by atoms with Gasteiger partial charge in [-0.1, -0.05) is 19.8 Å². The first-order valence-corrected chi connectivity index (χ1v) is 6.68. The van der Waals surface area contributed by atoms with Gasteiger partial charge in [-0.05, 0) is 58.8 Å². The molecule has 1 aliphatic heterocycles. The Hall–Kier alpha value is -0.0800. The second kappa shape index (κ2) is 7.24. The normalized spacial score (nSPS) is 17.4. The summed E-state index contributed by atoms with van der Waals surface area (Å²) in [5, 5.41) is 3.35. The van der Waals surface area contributed by atoms with Crippen LogP contribution in [-0.2, 0) is 0 Å². The Morgan fingerprint density at radius 2 is 1.93 bits per heavy atom. The molecule has 0 spiro atoms. The molecule has 90 valence electrons. The number of rotatable bonds is 8. The predicted molar refractivity (Wildman–Crippen MR) is 67.2 cm³/mol. The van der Waals surface area contributed by atoms with E-state index in [1.54, 1.807) is 0 Å². The number of unbranched alkanes of at least 4 members (excludes halogenated alkanes) is 2. The van der Waals surface area contributed by atoms with Crippen molar-refractivity contribution in [1.82, 2.24) is 10.2 Å². The smallest absolute Gasteiger partial charge is 0.00385 e. The average Bonchev–Trinajstić information content (AvgIpc) is 2.12. The summed E-state index contributed by atoms with van der Waals surface area (Å²) >= 11 is 0. The van der Waals surface area contributed by atoms with Crippen molar-refractivity contribution < 1.29 is 0 Å². The van der Waals surface area contributed by atoms with Crippen molar-refractivity contribution in [2.75, 3.05) is 26.2 Å². The summed E-state index contributed by atoms with van der Waals surface area (Å²) in [6, 6.07) is 0.717. The first-order valence-electron chi connectivity index (χ1n) is 6.68. The van der Waals surface area contributed by atoms with Crippen molar-refractivity contribution >= 4 is 0 Å². The van der Waals surface area contributed by atoms with Gasteiger partial charge in [-0.25, -0.2) is 0 Å². The lowest BCUT2D eigenvalue weighted by molar-refractivity contribution is 0.187. The first-order chi connectivity index (χ1) is 7.24. The third-order valence-corrected chi connectivity index (χ3v) is 3.47. The van der Waals surface area contributed by atoms with Gasteiger partial charge in [-0.2, -0.15) is 0 Å². The molecule has 1 saturated heterocycles. The fraction of sp³-hybridized carbons (Fsp3) is 1.00. The van der Waals surface area contributed by atoms with Gasteiger partial charge in [-0.3, -0.25) is 0 Å². The van der Waals surface area contributed by atoms with Crippen LogP contribution in [-0.4, -0.2) is 37.1 Å². The summed E-state index contributed by atoms with van der Waals surface area (Å²) in [6.45, 7) is 12.0. The molecule has 15 heavy (non-hydrogen) atoms. The van der Waals surface area contributed by atoms with Gasteiger partial charge < -0.3 is 10.2 Å². The Balaban J connectivity index is 2.11. The zero-order chi connectivity index (χ0) is 11.1. The van der Waals surface area contributed by atoms with Gasteiger partial charge in [0, 0.05) is 6.04 Å². The number of hydrogen-bond acceptors (Lipinski definition) is 2. The molecule has 1 fully saturated rings. The van der Waals surface area contributed by atoms with E-state index < -0.39 is 0 Å². The van der Waals surface area contributed by atoms with Crippen molar-refractivity contribution in [2.24, 2.45) is 5.92 Å². The van der Waals surface area contributed by atoms with Crippen LogP contribution >= 0.6 is 0 Å². The summed E-state index contributed by atoms with van der Waals surface area (Å²) in [7, 11) is 0. The molecule has 0 aromatic heterocycles. The van der Waals surface area contributed by atoms with Gasteiger partial charge in [-0.15, -0.1) is 0 Å². The molecule has 0 aromatic rings. The average molecular weight is 212 g/mol. The molecule has 1 N–H and O–H groups in total. The molecule has 1 heterocycles. The summed E-state index contributed by atoms with van der Waals surface area (Å²) in [6.07, 6.45) is 5.47. The summed E-state index contributed by atoms with van der Waals surface area (Å²) in [5.74, 6) is 0.956. The highest BCUT2D eigenvalue weighted by Crippen LogP contribution is 2.11. The van der Waals surface area contributed by atoms with Crippen molar-refractivity contribution in [2.45, 2.75) is 52.5 Å². The maximum Gasteiger partial charge on any atom is 0.00385 e. The largest absolute Gasteiger partial charge is 0.316 e. The summed E-state index contributed by atoms with van der Waals surface area (Å²) < 4.78 is 0. The number of hydrogen-bond donors (Lipinski definition) is 1. The quantitative estimate of drug-likeness (QED) is 0.622. The number of nitrogens with one attached hydrogen (secondary N) is 1. The Kier molecular flexibility index (Phi) is 6.26. The van der Waals surface area contributed by atoms with Gasteiger partial charge in [0.15, 0.2) is 0 Å². The zero-order valence-corrected chi connectivity index (χ0v) is 10.8. The van der Waals surface area contributed by atoms with Crippen LogP contribution in [0.3, 0.4) is 0 Å². The standard InChI is InChI=1S/C13H28N2/c1-4-5-6-8-15(12(2)3)9-7-13-10-14-11-13/h12-14H,4-11H2,1-3H3. The zero-order valence-electron chi connectivity index (χ0n) is 10.8. The molecular weight excluding hydrogens is 184 g/mol. The Labute approximate surface area is 95.4 Å². The Morgan fingerprint density at radius 3 is 2.40 bits per heavy atom. The molecule has 0 aromatic carbocycles. The van der Waals surface area contributed by atoms with E-state index in [1.165, 1.54) is 51.9 Å². The van der Waals surface area contributed by atoms with Crippen LogP contribution in [0, 0.1) is 5.92 Å². The Morgan fingerprint density at radius 1 is 1.20 bits per heavy atom. The monoisotopic (exact) mass is 212 g/mol. The lowest BCUT2D eigenvalue weighted by Gasteiger charge is -2.32. The van der Waals surface area contributed by atoms with Crippen molar-refractivity contribution in [3.05, 3.63) is 0 Å². The molecule has 0 atom stereocenters. The highest BCUT2D eigenvalue weighted by atomic mass is 15.1. The van der Waals surface area contributed by atoms with Crippen LogP contribution in [0.15, 0.2) is 0 Å². The highest BCUT2D eigenvalue weighted by Gasteiger charge is 2.18. The molecule has 0 saturated carbocycles. The van der Waals surface area contributed by atoms with E-state index in [1.807, 2.05) is 0 Å². The lowest BCUT2D eigenvalue weighted by Crippen LogP contribution is -2.44. The molecule has 0 bridgehead atoms. The van der Waals surface area contributed by atoms with Crippen LogP contribution in [0.25, 0.3) is 0 Å². The number of nitrogens with zero attached hydrogens (tertiary/aromatic N) is 1. The molecule has 0 aliphatic carbocycles. The molecule has 0 amide bonds. The van der Waals surface area contributed by atoms with Crippen LogP contribution in [0.2, 0.25) is 0 Å². The molecule has 2 heteroatoms. The van der Waals surface area contributed by atoms with Crippen molar-refractivity contribution in [1.29, 1.82) is 0 Å². The van der Waals surface area contributed by atoms with Crippen LogP contribution in [0.1, 0.15) is 46.5 Å². The van der Waals surface area contributed by atoms with E-state index in [0.717, 1.165) is 12.0 Å². The summed E-state index contributed by atoms with van der Waals surface area (Å²) in [4.78, 5) is 2.65. The summed E-state index contributed by atoms with van der Waals surface area (Å²) in [5.41, 5.74) is 0. The van der Waals surface area contributed by atoms with Crippen LogP contribution in [0.5, 0.6) is 0 Å². The van der Waals surface area contributed by atoms with Crippen LogP contribution in [0.4, 0.5) is 0 Å². The maximum atomic E-state index is 3.35. The SMILES string of the molecule is CCCCCN(CCC1CNC1)C(C)C. The van der Waals surface area contributed by atoms with E-state index in [4.69, 9.17) is 0 Å².